The molecule has 106 valence electrons. The van der Waals surface area contributed by atoms with Crippen LogP contribution in [-0.2, 0) is 10.4 Å². The average molecular weight is 271 g/mol. The van der Waals surface area contributed by atoms with E-state index in [9.17, 15) is 9.90 Å². The molecular formula is C17H21NO2. The zero-order valence-electron chi connectivity index (χ0n) is 12.2. The molecule has 0 aliphatic heterocycles. The van der Waals surface area contributed by atoms with Crippen molar-refractivity contribution < 1.29 is 9.90 Å². The van der Waals surface area contributed by atoms with Crippen LogP contribution in [0.3, 0.4) is 0 Å². The zero-order valence-corrected chi connectivity index (χ0v) is 12.2. The lowest BCUT2D eigenvalue weighted by Gasteiger charge is -2.28. The first kappa shape index (κ1) is 14.5. The van der Waals surface area contributed by atoms with Gasteiger partial charge in [0.15, 0.2) is 5.60 Å². The van der Waals surface area contributed by atoms with Crippen LogP contribution in [0.1, 0.15) is 32.8 Å². The van der Waals surface area contributed by atoms with Gasteiger partial charge in [-0.1, -0.05) is 49.4 Å². The van der Waals surface area contributed by atoms with Gasteiger partial charge in [0.1, 0.15) is 0 Å². The molecule has 1 amide bonds. The molecule has 2 N–H and O–H groups in total. The predicted octanol–water partition coefficient (Wildman–Crippen LogP) is 2.96. The van der Waals surface area contributed by atoms with Gasteiger partial charge in [-0.05, 0) is 31.0 Å². The van der Waals surface area contributed by atoms with E-state index in [1.54, 1.807) is 0 Å². The summed E-state index contributed by atoms with van der Waals surface area (Å²) in [5.74, 6) is -0.341. The molecule has 0 bridgehead atoms. The molecule has 3 nitrogen and oxygen atoms in total. The Balaban J connectivity index is 2.56. The maximum Gasteiger partial charge on any atom is 0.256 e. The van der Waals surface area contributed by atoms with Crippen LogP contribution in [0.25, 0.3) is 10.8 Å². The average Bonchev–Trinajstić information content (AvgIpc) is 2.45. The Labute approximate surface area is 119 Å². The molecule has 0 fully saturated rings. The summed E-state index contributed by atoms with van der Waals surface area (Å²) in [7, 11) is 0. The van der Waals surface area contributed by atoms with Gasteiger partial charge >= 0.3 is 0 Å². The molecule has 0 aliphatic carbocycles. The van der Waals surface area contributed by atoms with Crippen LogP contribution in [0.2, 0.25) is 0 Å². The largest absolute Gasteiger partial charge is 0.375 e. The van der Waals surface area contributed by atoms with Crippen molar-refractivity contribution in [2.24, 2.45) is 0 Å². The molecule has 3 heteroatoms. The Morgan fingerprint density at radius 1 is 1.20 bits per heavy atom. The maximum atomic E-state index is 12.4. The van der Waals surface area contributed by atoms with E-state index in [4.69, 9.17) is 0 Å². The minimum atomic E-state index is -1.49. The SMILES string of the molecule is CCC(O)(C(=O)NC(C)C)c1cccc2ccccc12. The molecule has 0 radical (unpaired) electrons. The van der Waals surface area contributed by atoms with Crippen molar-refractivity contribution in [2.75, 3.05) is 0 Å². The molecule has 0 saturated heterocycles. The summed E-state index contributed by atoms with van der Waals surface area (Å²) in [5.41, 5.74) is -0.832. The van der Waals surface area contributed by atoms with Crippen LogP contribution in [0.4, 0.5) is 0 Å². The molecule has 1 unspecified atom stereocenters. The number of aliphatic hydroxyl groups is 1. The number of benzene rings is 2. The number of amides is 1. The van der Waals surface area contributed by atoms with E-state index < -0.39 is 5.60 Å². The summed E-state index contributed by atoms with van der Waals surface area (Å²) >= 11 is 0. The Hall–Kier alpha value is -1.87. The fraction of sp³-hybridized carbons (Fsp3) is 0.353. The fourth-order valence-corrected chi connectivity index (χ4v) is 2.44. The number of hydrogen-bond acceptors (Lipinski definition) is 2. The highest BCUT2D eigenvalue weighted by atomic mass is 16.3. The van der Waals surface area contributed by atoms with Crippen molar-refractivity contribution in [1.82, 2.24) is 5.32 Å². The second kappa shape index (κ2) is 5.63. The minimum absolute atomic E-state index is 0.00412. The second-order valence-corrected chi connectivity index (χ2v) is 5.37. The molecule has 0 spiro atoms. The second-order valence-electron chi connectivity index (χ2n) is 5.37. The molecule has 0 heterocycles. The summed E-state index contributed by atoms with van der Waals surface area (Å²) in [6.45, 7) is 5.59. The van der Waals surface area contributed by atoms with E-state index in [-0.39, 0.29) is 11.9 Å². The third kappa shape index (κ3) is 2.54. The number of carbonyl (C=O) groups is 1. The normalized spacial score (nSPS) is 14.2. The molecule has 0 saturated carbocycles. The lowest BCUT2D eigenvalue weighted by atomic mass is 9.86. The first-order chi connectivity index (χ1) is 9.49. The van der Waals surface area contributed by atoms with Crippen LogP contribution in [0, 0.1) is 0 Å². The highest BCUT2D eigenvalue weighted by Crippen LogP contribution is 2.31. The molecule has 20 heavy (non-hydrogen) atoms. The quantitative estimate of drug-likeness (QED) is 0.898. The van der Waals surface area contributed by atoms with Crippen LogP contribution >= 0.6 is 0 Å². The van der Waals surface area contributed by atoms with Crippen molar-refractivity contribution in [3.63, 3.8) is 0 Å². The van der Waals surface area contributed by atoms with Crippen molar-refractivity contribution in [3.05, 3.63) is 48.0 Å². The Morgan fingerprint density at radius 2 is 1.85 bits per heavy atom. The van der Waals surface area contributed by atoms with Gasteiger partial charge in [-0.3, -0.25) is 4.79 Å². The zero-order chi connectivity index (χ0) is 14.8. The first-order valence-electron chi connectivity index (χ1n) is 7.00. The van der Waals surface area contributed by atoms with E-state index >= 15 is 0 Å². The van der Waals surface area contributed by atoms with Crippen LogP contribution in [-0.4, -0.2) is 17.1 Å². The molecule has 2 rings (SSSR count). The molecular weight excluding hydrogens is 250 g/mol. The Kier molecular flexibility index (Phi) is 4.09. The number of nitrogens with one attached hydrogen (secondary N) is 1. The summed E-state index contributed by atoms with van der Waals surface area (Å²) in [5, 5.41) is 15.6. The van der Waals surface area contributed by atoms with Gasteiger partial charge in [0, 0.05) is 11.6 Å². The van der Waals surface area contributed by atoms with Crippen LogP contribution < -0.4 is 5.32 Å². The summed E-state index contributed by atoms with van der Waals surface area (Å²) in [6, 6.07) is 13.5. The van der Waals surface area contributed by atoms with Crippen molar-refractivity contribution in [3.8, 4) is 0 Å². The first-order valence-corrected chi connectivity index (χ1v) is 7.00. The molecule has 0 aromatic heterocycles. The predicted molar refractivity (Wildman–Crippen MR) is 81.4 cm³/mol. The van der Waals surface area contributed by atoms with Gasteiger partial charge in [-0.2, -0.15) is 0 Å². The standard InChI is InChI=1S/C17H21NO2/c1-4-17(20,16(19)18-12(2)3)15-11-7-9-13-8-5-6-10-14(13)15/h5-12,20H,4H2,1-3H3,(H,18,19). The number of carbonyl (C=O) groups excluding carboxylic acids is 1. The third-order valence-corrected chi connectivity index (χ3v) is 3.54. The Bertz CT molecular complexity index is 616. The van der Waals surface area contributed by atoms with Gasteiger partial charge < -0.3 is 10.4 Å². The highest BCUT2D eigenvalue weighted by molar-refractivity contribution is 5.94. The van der Waals surface area contributed by atoms with Gasteiger partial charge in [0.25, 0.3) is 5.91 Å². The minimum Gasteiger partial charge on any atom is -0.375 e. The van der Waals surface area contributed by atoms with Crippen LogP contribution in [0.5, 0.6) is 0 Å². The van der Waals surface area contributed by atoms with E-state index in [1.165, 1.54) is 0 Å². The molecule has 2 aromatic rings. The van der Waals surface area contributed by atoms with Gasteiger partial charge in [-0.25, -0.2) is 0 Å². The van der Waals surface area contributed by atoms with Gasteiger partial charge in [-0.15, -0.1) is 0 Å². The lowest BCUT2D eigenvalue weighted by Crippen LogP contribution is -2.46. The smallest absolute Gasteiger partial charge is 0.256 e. The molecule has 2 aromatic carbocycles. The van der Waals surface area contributed by atoms with Crippen molar-refractivity contribution >= 4 is 16.7 Å². The van der Waals surface area contributed by atoms with E-state index in [1.807, 2.05) is 63.2 Å². The van der Waals surface area contributed by atoms with E-state index in [0.29, 0.717) is 12.0 Å². The van der Waals surface area contributed by atoms with E-state index in [2.05, 4.69) is 5.32 Å². The molecule has 0 aliphatic rings. The summed E-state index contributed by atoms with van der Waals surface area (Å²) in [4.78, 5) is 12.4. The third-order valence-electron chi connectivity index (χ3n) is 3.54. The Morgan fingerprint density at radius 3 is 2.50 bits per heavy atom. The van der Waals surface area contributed by atoms with Gasteiger partial charge in [0.2, 0.25) is 0 Å². The van der Waals surface area contributed by atoms with Crippen molar-refractivity contribution in [2.45, 2.75) is 38.8 Å². The molecule has 1 atom stereocenters. The number of fused-ring (bicyclic) bond motifs is 1. The highest BCUT2D eigenvalue weighted by Gasteiger charge is 2.37. The lowest BCUT2D eigenvalue weighted by molar-refractivity contribution is -0.141. The van der Waals surface area contributed by atoms with Crippen LogP contribution in [0.15, 0.2) is 42.5 Å². The fourth-order valence-electron chi connectivity index (χ4n) is 2.44. The number of rotatable bonds is 4. The van der Waals surface area contributed by atoms with Gasteiger partial charge in [0.05, 0.1) is 0 Å². The number of hydrogen-bond donors (Lipinski definition) is 2. The monoisotopic (exact) mass is 271 g/mol. The maximum absolute atomic E-state index is 12.4. The van der Waals surface area contributed by atoms with E-state index in [0.717, 1.165) is 10.8 Å². The summed E-state index contributed by atoms with van der Waals surface area (Å²) < 4.78 is 0. The topological polar surface area (TPSA) is 49.3 Å². The summed E-state index contributed by atoms with van der Waals surface area (Å²) in [6.07, 6.45) is 0.333. The van der Waals surface area contributed by atoms with Crippen molar-refractivity contribution in [1.29, 1.82) is 0 Å².